The maximum absolute atomic E-state index is 11.2. The van der Waals surface area contributed by atoms with Crippen molar-refractivity contribution in [3.63, 3.8) is 0 Å². The first-order valence-corrected chi connectivity index (χ1v) is 6.67. The van der Waals surface area contributed by atoms with Crippen LogP contribution in [0.1, 0.15) is 44.9 Å². The Morgan fingerprint density at radius 3 is 2.57 bits per heavy atom. The van der Waals surface area contributed by atoms with Crippen molar-refractivity contribution in [2.45, 2.75) is 50.5 Å². The van der Waals surface area contributed by atoms with Crippen LogP contribution < -0.4 is 0 Å². The molecule has 1 atom stereocenters. The summed E-state index contributed by atoms with van der Waals surface area (Å²) in [5.41, 5.74) is -0.155. The lowest BCUT2D eigenvalue weighted by Gasteiger charge is -2.36. The first-order chi connectivity index (χ1) is 6.77. The van der Waals surface area contributed by atoms with Crippen LogP contribution in [0.4, 0.5) is 0 Å². The molecule has 0 aromatic rings. The van der Waals surface area contributed by atoms with Crippen molar-refractivity contribution in [3.8, 4) is 0 Å². The Morgan fingerprint density at radius 2 is 2.07 bits per heavy atom. The van der Waals surface area contributed by atoms with Gasteiger partial charge in [-0.3, -0.25) is 4.79 Å². The van der Waals surface area contributed by atoms with Gasteiger partial charge >= 0.3 is 5.97 Å². The molecule has 0 aromatic carbocycles. The summed E-state index contributed by atoms with van der Waals surface area (Å²) in [6, 6.07) is 0. The molecule has 80 valence electrons. The second-order valence-corrected chi connectivity index (χ2v) is 5.07. The van der Waals surface area contributed by atoms with Crippen molar-refractivity contribution >= 4 is 21.9 Å². The third kappa shape index (κ3) is 1.83. The molecule has 1 heterocycles. The van der Waals surface area contributed by atoms with E-state index in [1.165, 1.54) is 32.1 Å². The van der Waals surface area contributed by atoms with Gasteiger partial charge in [0.2, 0.25) is 0 Å². The number of hydrogen-bond donors (Lipinski definition) is 0. The van der Waals surface area contributed by atoms with Crippen molar-refractivity contribution in [1.82, 2.24) is 0 Å². The maximum Gasteiger partial charge on any atom is 0.306 e. The third-order valence-corrected chi connectivity index (χ3v) is 4.59. The molecule has 0 bridgehead atoms. The summed E-state index contributed by atoms with van der Waals surface area (Å²) in [6.07, 6.45) is 7.96. The number of halogens is 1. The number of rotatable bonds is 2. The minimum atomic E-state index is -0.155. The zero-order valence-electron chi connectivity index (χ0n) is 8.43. The molecule has 1 saturated heterocycles. The quantitative estimate of drug-likeness (QED) is 0.564. The lowest BCUT2D eigenvalue weighted by Crippen LogP contribution is -2.40. The molecule has 0 radical (unpaired) electrons. The zero-order chi connectivity index (χ0) is 10.0. The highest BCUT2D eigenvalue weighted by molar-refractivity contribution is 9.09. The monoisotopic (exact) mass is 260 g/mol. The van der Waals surface area contributed by atoms with Crippen LogP contribution in [-0.2, 0) is 9.53 Å². The molecule has 0 unspecified atom stereocenters. The van der Waals surface area contributed by atoms with E-state index < -0.39 is 0 Å². The van der Waals surface area contributed by atoms with Gasteiger partial charge in [0.1, 0.15) is 5.60 Å². The molecule has 2 nitrogen and oxygen atoms in total. The lowest BCUT2D eigenvalue weighted by molar-refractivity contribution is -0.151. The first kappa shape index (κ1) is 10.5. The van der Waals surface area contributed by atoms with E-state index in [4.69, 9.17) is 4.74 Å². The van der Waals surface area contributed by atoms with E-state index in [1.54, 1.807) is 0 Å². The fraction of sp³-hybridized carbons (Fsp3) is 0.909. The van der Waals surface area contributed by atoms with Crippen molar-refractivity contribution < 1.29 is 9.53 Å². The minimum Gasteiger partial charge on any atom is -0.458 e. The highest BCUT2D eigenvalue weighted by atomic mass is 79.9. The predicted octanol–water partition coefficient (Wildman–Crippen LogP) is 3.04. The van der Waals surface area contributed by atoms with E-state index >= 15 is 0 Å². The highest BCUT2D eigenvalue weighted by Gasteiger charge is 2.45. The van der Waals surface area contributed by atoms with Crippen LogP contribution >= 0.6 is 15.9 Å². The van der Waals surface area contributed by atoms with Gasteiger partial charge in [0, 0.05) is 11.8 Å². The number of alkyl halides is 1. The van der Waals surface area contributed by atoms with Gasteiger partial charge in [-0.1, -0.05) is 35.2 Å². The summed E-state index contributed by atoms with van der Waals surface area (Å²) in [6.45, 7) is 0. The molecule has 0 amide bonds. The molecule has 2 fully saturated rings. The average molecular weight is 261 g/mol. The van der Waals surface area contributed by atoms with Gasteiger partial charge in [-0.2, -0.15) is 0 Å². The zero-order valence-corrected chi connectivity index (χ0v) is 10.0. The largest absolute Gasteiger partial charge is 0.458 e. The van der Waals surface area contributed by atoms with Crippen LogP contribution in [-0.4, -0.2) is 16.9 Å². The van der Waals surface area contributed by atoms with Gasteiger partial charge in [-0.25, -0.2) is 0 Å². The highest BCUT2D eigenvalue weighted by Crippen LogP contribution is 2.42. The molecular weight excluding hydrogens is 244 g/mol. The molecule has 14 heavy (non-hydrogen) atoms. The maximum atomic E-state index is 11.2. The Kier molecular flexibility index (Phi) is 3.15. The van der Waals surface area contributed by atoms with Crippen molar-refractivity contribution in [3.05, 3.63) is 0 Å². The van der Waals surface area contributed by atoms with Gasteiger partial charge in [-0.05, 0) is 25.2 Å². The molecular formula is C11H17BrO2. The minimum absolute atomic E-state index is 0.00461. The topological polar surface area (TPSA) is 26.3 Å². The molecule has 0 aromatic heterocycles. The van der Waals surface area contributed by atoms with E-state index in [-0.39, 0.29) is 11.6 Å². The van der Waals surface area contributed by atoms with Crippen LogP contribution in [0.25, 0.3) is 0 Å². The Balaban J connectivity index is 2.06. The predicted molar refractivity (Wildman–Crippen MR) is 58.4 cm³/mol. The lowest BCUT2D eigenvalue weighted by atomic mass is 9.76. The molecule has 1 aliphatic carbocycles. The standard InChI is InChI=1S/C11H17BrO2/c12-8-11(7-6-10(13)14-11)9-4-2-1-3-5-9/h9H,1-8H2/t11-/m0/s1. The second-order valence-electron chi connectivity index (χ2n) is 4.51. The fourth-order valence-corrected chi connectivity index (χ4v) is 3.61. The van der Waals surface area contributed by atoms with E-state index in [0.29, 0.717) is 12.3 Å². The van der Waals surface area contributed by atoms with Gasteiger partial charge in [0.15, 0.2) is 0 Å². The van der Waals surface area contributed by atoms with E-state index in [9.17, 15) is 4.79 Å². The Labute approximate surface area is 93.5 Å². The number of carbonyl (C=O) groups excluding carboxylic acids is 1. The van der Waals surface area contributed by atoms with E-state index in [2.05, 4.69) is 15.9 Å². The summed E-state index contributed by atoms with van der Waals surface area (Å²) in [7, 11) is 0. The summed E-state index contributed by atoms with van der Waals surface area (Å²) < 4.78 is 5.55. The molecule has 2 rings (SSSR count). The van der Waals surface area contributed by atoms with Crippen LogP contribution in [0, 0.1) is 5.92 Å². The molecule has 1 aliphatic heterocycles. The normalized spacial score (nSPS) is 34.5. The van der Waals surface area contributed by atoms with Crippen LogP contribution in [0.15, 0.2) is 0 Å². The summed E-state index contributed by atoms with van der Waals surface area (Å²) in [4.78, 5) is 11.2. The number of ether oxygens (including phenoxy) is 1. The van der Waals surface area contributed by atoms with Crippen LogP contribution in [0.3, 0.4) is 0 Å². The van der Waals surface area contributed by atoms with Crippen molar-refractivity contribution in [2.24, 2.45) is 5.92 Å². The van der Waals surface area contributed by atoms with Gasteiger partial charge in [0.25, 0.3) is 0 Å². The Bertz CT molecular complexity index is 223. The SMILES string of the molecule is O=C1CC[C@](CBr)(C2CCCCC2)O1. The number of cyclic esters (lactones) is 1. The average Bonchev–Trinajstić information content (AvgIpc) is 2.63. The van der Waals surface area contributed by atoms with Gasteiger partial charge in [0.05, 0.1) is 0 Å². The Morgan fingerprint density at radius 1 is 1.36 bits per heavy atom. The second kappa shape index (κ2) is 4.21. The Hall–Kier alpha value is -0.0500. The summed E-state index contributed by atoms with van der Waals surface area (Å²) >= 11 is 3.52. The number of carbonyl (C=O) groups is 1. The summed E-state index contributed by atoms with van der Waals surface area (Å²) in [5, 5.41) is 0.816. The fourth-order valence-electron chi connectivity index (χ4n) is 2.76. The van der Waals surface area contributed by atoms with Crippen LogP contribution in [0.2, 0.25) is 0 Å². The van der Waals surface area contributed by atoms with E-state index in [1.807, 2.05) is 0 Å². The summed E-state index contributed by atoms with van der Waals surface area (Å²) in [5.74, 6) is 0.595. The molecule has 1 saturated carbocycles. The number of hydrogen-bond acceptors (Lipinski definition) is 2. The number of esters is 1. The van der Waals surface area contributed by atoms with E-state index in [0.717, 1.165) is 11.8 Å². The molecule has 0 N–H and O–H groups in total. The van der Waals surface area contributed by atoms with Gasteiger partial charge in [-0.15, -0.1) is 0 Å². The van der Waals surface area contributed by atoms with Gasteiger partial charge < -0.3 is 4.74 Å². The van der Waals surface area contributed by atoms with Crippen molar-refractivity contribution in [1.29, 1.82) is 0 Å². The first-order valence-electron chi connectivity index (χ1n) is 5.55. The van der Waals surface area contributed by atoms with Crippen LogP contribution in [0.5, 0.6) is 0 Å². The smallest absolute Gasteiger partial charge is 0.306 e. The third-order valence-electron chi connectivity index (χ3n) is 3.64. The molecule has 0 spiro atoms. The molecule has 2 aliphatic rings. The molecule has 3 heteroatoms. The van der Waals surface area contributed by atoms with Crippen molar-refractivity contribution in [2.75, 3.05) is 5.33 Å².